The Morgan fingerprint density at radius 2 is 1.72 bits per heavy atom. The fraction of sp³-hybridized carbons (Fsp3) is 0.350. The van der Waals surface area contributed by atoms with Gasteiger partial charge in [-0.1, -0.05) is 0 Å². The molecule has 0 aromatic heterocycles. The number of ether oxygens (including phenoxy) is 1. The van der Waals surface area contributed by atoms with Gasteiger partial charge in [0.15, 0.2) is 5.75 Å². The van der Waals surface area contributed by atoms with Gasteiger partial charge >= 0.3 is 6.18 Å². The summed E-state index contributed by atoms with van der Waals surface area (Å²) in [6, 6.07) is 7.09. The van der Waals surface area contributed by atoms with Crippen LogP contribution in [0.1, 0.15) is 11.1 Å². The Balaban J connectivity index is 1.78. The van der Waals surface area contributed by atoms with Crippen molar-refractivity contribution in [1.29, 1.82) is 0 Å². The van der Waals surface area contributed by atoms with E-state index in [1.165, 1.54) is 24.3 Å². The van der Waals surface area contributed by atoms with E-state index in [1.807, 2.05) is 4.90 Å². The average molecular weight is 409 g/mol. The van der Waals surface area contributed by atoms with E-state index >= 15 is 0 Å². The van der Waals surface area contributed by atoms with Gasteiger partial charge in [-0.05, 0) is 30.3 Å². The summed E-state index contributed by atoms with van der Waals surface area (Å²) in [7, 11) is 0. The van der Waals surface area contributed by atoms with Crippen LogP contribution in [0.2, 0.25) is 0 Å². The van der Waals surface area contributed by atoms with Gasteiger partial charge in [0.25, 0.3) is 0 Å². The summed E-state index contributed by atoms with van der Waals surface area (Å²) in [5, 5.41) is 9.10. The van der Waals surface area contributed by atoms with Crippen LogP contribution in [-0.2, 0) is 6.18 Å². The van der Waals surface area contributed by atoms with Crippen LogP contribution in [0.3, 0.4) is 0 Å². The highest BCUT2D eigenvalue weighted by atomic mass is 19.4. The predicted molar refractivity (Wildman–Crippen MR) is 99.2 cm³/mol. The molecule has 0 radical (unpaired) electrons. The smallest absolute Gasteiger partial charge is 0.416 e. The second kappa shape index (κ2) is 7.64. The molecule has 29 heavy (non-hydrogen) atoms. The van der Waals surface area contributed by atoms with Crippen LogP contribution in [0, 0.1) is 5.82 Å². The van der Waals surface area contributed by atoms with E-state index in [9.17, 15) is 17.6 Å². The largest absolute Gasteiger partial charge is 0.454 e. The Labute approximate surface area is 164 Å². The fourth-order valence-corrected chi connectivity index (χ4v) is 3.49. The second-order valence-electron chi connectivity index (χ2n) is 6.91. The molecule has 4 rings (SSSR count). The molecule has 1 saturated heterocycles. The maximum absolute atomic E-state index is 13.8. The van der Waals surface area contributed by atoms with Crippen molar-refractivity contribution in [3.05, 3.63) is 53.3 Å². The first-order valence-corrected chi connectivity index (χ1v) is 9.21. The number of aliphatic hydroxyl groups is 1. The molecule has 2 heterocycles. The molecular formula is C20H19F4N3O2. The Bertz CT molecular complexity index is 938. The maximum Gasteiger partial charge on any atom is 0.416 e. The average Bonchev–Trinajstić information content (AvgIpc) is 2.84. The number of fused-ring (bicyclic) bond motifs is 2. The molecule has 1 N–H and O–H groups in total. The van der Waals surface area contributed by atoms with Gasteiger partial charge in [-0.25, -0.2) is 9.38 Å². The zero-order chi connectivity index (χ0) is 20.6. The first kappa shape index (κ1) is 19.7. The van der Waals surface area contributed by atoms with Crippen LogP contribution in [0.25, 0.3) is 0 Å². The summed E-state index contributed by atoms with van der Waals surface area (Å²) in [6.07, 6.45) is -4.51. The zero-order valence-corrected chi connectivity index (χ0v) is 15.4. The third-order valence-corrected chi connectivity index (χ3v) is 5.00. The number of benzene rings is 2. The Hall–Kier alpha value is -2.65. The van der Waals surface area contributed by atoms with Gasteiger partial charge in [0, 0.05) is 38.8 Å². The summed E-state index contributed by atoms with van der Waals surface area (Å²) < 4.78 is 59.5. The predicted octanol–water partition coefficient (Wildman–Crippen LogP) is 3.64. The van der Waals surface area contributed by atoms with E-state index in [2.05, 4.69) is 9.89 Å². The van der Waals surface area contributed by atoms with Gasteiger partial charge in [0.05, 0.1) is 17.7 Å². The Morgan fingerprint density at radius 1 is 1.00 bits per heavy atom. The first-order valence-electron chi connectivity index (χ1n) is 9.21. The quantitative estimate of drug-likeness (QED) is 0.770. The number of rotatable bonds is 2. The minimum atomic E-state index is -4.51. The van der Waals surface area contributed by atoms with E-state index in [4.69, 9.17) is 9.84 Å². The molecule has 2 aliphatic rings. The molecule has 1 fully saturated rings. The van der Waals surface area contributed by atoms with Crippen molar-refractivity contribution >= 4 is 11.5 Å². The lowest BCUT2D eigenvalue weighted by Crippen LogP contribution is -2.49. The van der Waals surface area contributed by atoms with Gasteiger partial charge in [0.1, 0.15) is 23.1 Å². The molecule has 0 saturated carbocycles. The number of aliphatic imine (C=N–C) groups is 1. The highest BCUT2D eigenvalue weighted by molar-refractivity contribution is 6.04. The van der Waals surface area contributed by atoms with E-state index < -0.39 is 17.6 Å². The third kappa shape index (κ3) is 4.06. The molecule has 2 aromatic carbocycles. The standard InChI is InChI=1S/C20H19F4N3O2/c21-14-2-4-18-16(12-14)25-19(27-7-5-26(6-8-27)9-10-28)15-11-13(20(22,23)24)1-3-17(15)29-18/h1-4,11-12,28H,5-10H2. The first-order chi connectivity index (χ1) is 13.8. The molecule has 0 amide bonds. The van der Waals surface area contributed by atoms with Gasteiger partial charge in [-0.15, -0.1) is 0 Å². The van der Waals surface area contributed by atoms with Crippen LogP contribution < -0.4 is 4.74 Å². The van der Waals surface area contributed by atoms with E-state index in [0.717, 1.165) is 12.1 Å². The molecule has 0 unspecified atom stereocenters. The molecule has 0 atom stereocenters. The summed E-state index contributed by atoms with van der Waals surface area (Å²) in [5.74, 6) is 0.325. The lowest BCUT2D eigenvalue weighted by atomic mass is 10.1. The van der Waals surface area contributed by atoms with E-state index in [1.54, 1.807) is 0 Å². The van der Waals surface area contributed by atoms with Crippen LogP contribution in [0.15, 0.2) is 41.4 Å². The number of β-amino-alcohol motifs (C(OH)–C–C–N with tert-alkyl or cyclic N) is 1. The fourth-order valence-electron chi connectivity index (χ4n) is 3.49. The number of aliphatic hydroxyl groups excluding tert-OH is 1. The van der Waals surface area contributed by atoms with E-state index in [-0.39, 0.29) is 29.4 Å². The monoisotopic (exact) mass is 409 g/mol. The van der Waals surface area contributed by atoms with E-state index in [0.29, 0.717) is 38.6 Å². The van der Waals surface area contributed by atoms with Crippen LogP contribution in [0.5, 0.6) is 11.5 Å². The van der Waals surface area contributed by atoms with Gasteiger partial charge in [0.2, 0.25) is 0 Å². The number of nitrogens with zero attached hydrogens (tertiary/aromatic N) is 3. The molecule has 2 aliphatic heterocycles. The van der Waals surface area contributed by atoms with Crippen molar-refractivity contribution in [1.82, 2.24) is 9.80 Å². The SMILES string of the molecule is OCCN1CCN(C2=Nc3cc(F)ccc3Oc3ccc(C(F)(F)F)cc32)CC1. The normalized spacial score (nSPS) is 17.1. The molecule has 5 nitrogen and oxygen atoms in total. The summed E-state index contributed by atoms with van der Waals surface area (Å²) in [5.41, 5.74) is -0.363. The minimum Gasteiger partial charge on any atom is -0.454 e. The van der Waals surface area contributed by atoms with Crippen molar-refractivity contribution in [2.24, 2.45) is 4.99 Å². The third-order valence-electron chi connectivity index (χ3n) is 5.00. The number of halogens is 4. The number of hydrogen-bond acceptors (Lipinski definition) is 5. The summed E-state index contributed by atoms with van der Waals surface area (Å²) in [4.78, 5) is 8.43. The Kier molecular flexibility index (Phi) is 5.18. The number of amidine groups is 1. The van der Waals surface area contributed by atoms with Gasteiger partial charge in [-0.2, -0.15) is 13.2 Å². The Morgan fingerprint density at radius 3 is 2.41 bits per heavy atom. The lowest BCUT2D eigenvalue weighted by molar-refractivity contribution is -0.137. The second-order valence-corrected chi connectivity index (χ2v) is 6.91. The maximum atomic E-state index is 13.8. The van der Waals surface area contributed by atoms with Gasteiger partial charge < -0.3 is 14.7 Å². The molecule has 0 aliphatic carbocycles. The minimum absolute atomic E-state index is 0.0409. The van der Waals surface area contributed by atoms with Crippen molar-refractivity contribution in [3.63, 3.8) is 0 Å². The molecular weight excluding hydrogens is 390 g/mol. The summed E-state index contributed by atoms with van der Waals surface area (Å²) in [6.45, 7) is 2.86. The topological polar surface area (TPSA) is 48.3 Å². The van der Waals surface area contributed by atoms with Crippen molar-refractivity contribution in [2.75, 3.05) is 39.3 Å². The molecule has 154 valence electrons. The van der Waals surface area contributed by atoms with Crippen molar-refractivity contribution in [3.8, 4) is 11.5 Å². The van der Waals surface area contributed by atoms with Crippen molar-refractivity contribution < 1.29 is 27.4 Å². The molecule has 2 aromatic rings. The van der Waals surface area contributed by atoms with Crippen molar-refractivity contribution in [2.45, 2.75) is 6.18 Å². The van der Waals surface area contributed by atoms with Gasteiger partial charge in [-0.3, -0.25) is 4.90 Å². The lowest BCUT2D eigenvalue weighted by Gasteiger charge is -2.36. The van der Waals surface area contributed by atoms with Crippen LogP contribution >= 0.6 is 0 Å². The molecule has 0 bridgehead atoms. The number of hydrogen-bond donors (Lipinski definition) is 1. The number of piperazine rings is 1. The highest BCUT2D eigenvalue weighted by Gasteiger charge is 2.33. The molecule has 9 heteroatoms. The van der Waals surface area contributed by atoms with Crippen LogP contribution in [0.4, 0.5) is 23.2 Å². The highest BCUT2D eigenvalue weighted by Crippen LogP contribution is 2.41. The number of alkyl halides is 3. The summed E-state index contributed by atoms with van der Waals surface area (Å²) >= 11 is 0. The molecule has 0 spiro atoms. The van der Waals surface area contributed by atoms with Crippen LogP contribution in [-0.4, -0.2) is 60.1 Å². The zero-order valence-electron chi connectivity index (χ0n) is 15.4.